The van der Waals surface area contributed by atoms with Gasteiger partial charge in [-0.05, 0) is 38.3 Å². The highest BCUT2D eigenvalue weighted by molar-refractivity contribution is 5.62. The largest absolute Gasteiger partial charge is 0.376 e. The normalized spacial score (nSPS) is 17.5. The van der Waals surface area contributed by atoms with E-state index < -0.39 is 0 Å². The van der Waals surface area contributed by atoms with Crippen LogP contribution in [-0.2, 0) is 4.74 Å². The molecule has 0 spiro atoms. The predicted molar refractivity (Wildman–Crippen MR) is 88.7 cm³/mol. The molecular formula is C17H22N4O. The smallest absolute Gasteiger partial charge is 0.136 e. The first-order valence-corrected chi connectivity index (χ1v) is 7.74. The number of aromatic nitrogens is 2. The molecular weight excluding hydrogens is 276 g/mol. The fourth-order valence-corrected chi connectivity index (χ4v) is 2.60. The number of para-hydroxylation sites is 1. The van der Waals surface area contributed by atoms with Crippen LogP contribution in [0.25, 0.3) is 0 Å². The summed E-state index contributed by atoms with van der Waals surface area (Å²) in [5.41, 5.74) is 2.25. The van der Waals surface area contributed by atoms with E-state index in [-0.39, 0.29) is 0 Å². The van der Waals surface area contributed by atoms with E-state index in [2.05, 4.69) is 33.6 Å². The van der Waals surface area contributed by atoms with Gasteiger partial charge in [-0.3, -0.25) is 0 Å². The van der Waals surface area contributed by atoms with Crippen molar-refractivity contribution in [2.75, 3.05) is 23.8 Å². The van der Waals surface area contributed by atoms with E-state index in [0.717, 1.165) is 49.1 Å². The lowest BCUT2D eigenvalue weighted by atomic mass is 10.2. The molecule has 1 saturated heterocycles. The lowest BCUT2D eigenvalue weighted by Gasteiger charge is -2.13. The Morgan fingerprint density at radius 1 is 1.18 bits per heavy atom. The van der Waals surface area contributed by atoms with E-state index in [1.54, 1.807) is 0 Å². The van der Waals surface area contributed by atoms with Crippen molar-refractivity contribution in [3.05, 3.63) is 41.7 Å². The quantitative estimate of drug-likeness (QED) is 0.885. The van der Waals surface area contributed by atoms with Crippen LogP contribution in [-0.4, -0.2) is 29.2 Å². The molecule has 3 rings (SSSR count). The van der Waals surface area contributed by atoms with E-state index in [4.69, 9.17) is 4.74 Å². The molecule has 0 aliphatic carbocycles. The molecule has 2 heterocycles. The number of hydrogen-bond donors (Lipinski definition) is 2. The third kappa shape index (κ3) is 3.74. The number of nitrogens with zero attached hydrogens (tertiary/aromatic N) is 2. The minimum atomic E-state index is 0.294. The summed E-state index contributed by atoms with van der Waals surface area (Å²) in [4.78, 5) is 8.90. The average Bonchev–Trinajstić information content (AvgIpc) is 3.00. The Hall–Kier alpha value is -2.14. The first-order valence-electron chi connectivity index (χ1n) is 7.74. The van der Waals surface area contributed by atoms with E-state index in [1.165, 1.54) is 5.56 Å². The van der Waals surface area contributed by atoms with Gasteiger partial charge in [0.05, 0.1) is 6.10 Å². The number of nitrogens with one attached hydrogen (secondary N) is 2. The zero-order valence-corrected chi connectivity index (χ0v) is 13.1. The molecule has 0 radical (unpaired) electrons. The first kappa shape index (κ1) is 14.8. The second kappa shape index (κ2) is 6.75. The Morgan fingerprint density at radius 3 is 2.77 bits per heavy atom. The zero-order chi connectivity index (χ0) is 15.4. The molecule has 1 fully saturated rings. The summed E-state index contributed by atoms with van der Waals surface area (Å²) < 4.78 is 5.63. The van der Waals surface area contributed by atoms with Gasteiger partial charge in [0.2, 0.25) is 0 Å². The SMILES string of the molecule is Cc1nc(NCC2CCCO2)cc(Nc2ccccc2C)n1. The number of ether oxygens (including phenoxy) is 1. The molecule has 0 bridgehead atoms. The molecule has 0 amide bonds. The minimum Gasteiger partial charge on any atom is -0.376 e. The van der Waals surface area contributed by atoms with Crippen LogP contribution in [0.4, 0.5) is 17.3 Å². The van der Waals surface area contributed by atoms with Crippen LogP contribution >= 0.6 is 0 Å². The number of rotatable bonds is 5. The number of benzene rings is 1. The average molecular weight is 298 g/mol. The molecule has 22 heavy (non-hydrogen) atoms. The summed E-state index contributed by atoms with van der Waals surface area (Å²) >= 11 is 0. The summed E-state index contributed by atoms with van der Waals surface area (Å²) in [6.07, 6.45) is 2.56. The highest BCUT2D eigenvalue weighted by Gasteiger charge is 2.15. The van der Waals surface area contributed by atoms with Gasteiger partial charge in [0.1, 0.15) is 17.5 Å². The summed E-state index contributed by atoms with van der Waals surface area (Å²) in [6, 6.07) is 10.1. The fraction of sp³-hybridized carbons (Fsp3) is 0.412. The van der Waals surface area contributed by atoms with Crippen LogP contribution in [0.1, 0.15) is 24.2 Å². The molecule has 1 aliphatic rings. The molecule has 1 aromatic heterocycles. The number of aryl methyl sites for hydroxylation is 2. The summed E-state index contributed by atoms with van der Waals surface area (Å²) in [5, 5.41) is 6.71. The Balaban J connectivity index is 1.70. The zero-order valence-electron chi connectivity index (χ0n) is 13.1. The van der Waals surface area contributed by atoms with Crippen molar-refractivity contribution in [1.29, 1.82) is 0 Å². The standard InChI is InChI=1S/C17H22N4O/c1-12-6-3-4-8-15(12)21-17-10-16(19-13(2)20-17)18-11-14-7-5-9-22-14/h3-4,6,8,10,14H,5,7,9,11H2,1-2H3,(H2,18,19,20,21). The van der Waals surface area contributed by atoms with Gasteiger partial charge in [0.15, 0.2) is 0 Å². The number of hydrogen-bond acceptors (Lipinski definition) is 5. The molecule has 2 N–H and O–H groups in total. The second-order valence-electron chi connectivity index (χ2n) is 5.64. The molecule has 116 valence electrons. The van der Waals surface area contributed by atoms with Crippen LogP contribution in [0.15, 0.2) is 30.3 Å². The summed E-state index contributed by atoms with van der Waals surface area (Å²) in [7, 11) is 0. The van der Waals surface area contributed by atoms with Gasteiger partial charge >= 0.3 is 0 Å². The second-order valence-corrected chi connectivity index (χ2v) is 5.64. The van der Waals surface area contributed by atoms with Gasteiger partial charge in [0.25, 0.3) is 0 Å². The highest BCUT2D eigenvalue weighted by atomic mass is 16.5. The van der Waals surface area contributed by atoms with E-state index >= 15 is 0 Å². The number of anilines is 3. The molecule has 1 aliphatic heterocycles. The van der Waals surface area contributed by atoms with Crippen LogP contribution in [0.2, 0.25) is 0 Å². The maximum absolute atomic E-state index is 5.63. The van der Waals surface area contributed by atoms with Crippen LogP contribution < -0.4 is 10.6 Å². The van der Waals surface area contributed by atoms with Gasteiger partial charge in [-0.15, -0.1) is 0 Å². The van der Waals surface area contributed by atoms with Crippen molar-refractivity contribution in [2.45, 2.75) is 32.8 Å². The Kier molecular flexibility index (Phi) is 4.53. The molecule has 5 heteroatoms. The Morgan fingerprint density at radius 2 is 2.00 bits per heavy atom. The van der Waals surface area contributed by atoms with Gasteiger partial charge in [0, 0.05) is 24.9 Å². The van der Waals surface area contributed by atoms with Crippen LogP contribution in [0.3, 0.4) is 0 Å². The van der Waals surface area contributed by atoms with Crippen molar-refractivity contribution in [2.24, 2.45) is 0 Å². The van der Waals surface area contributed by atoms with Crippen molar-refractivity contribution >= 4 is 17.3 Å². The summed E-state index contributed by atoms with van der Waals surface area (Å²) in [5.74, 6) is 2.38. The van der Waals surface area contributed by atoms with Gasteiger partial charge in [-0.1, -0.05) is 18.2 Å². The molecule has 1 aromatic carbocycles. The predicted octanol–water partition coefficient (Wildman–Crippen LogP) is 3.43. The van der Waals surface area contributed by atoms with Crippen molar-refractivity contribution in [1.82, 2.24) is 9.97 Å². The van der Waals surface area contributed by atoms with E-state index in [1.807, 2.05) is 31.2 Å². The molecule has 0 saturated carbocycles. The minimum absolute atomic E-state index is 0.294. The van der Waals surface area contributed by atoms with Gasteiger partial charge in [-0.2, -0.15) is 0 Å². The molecule has 2 aromatic rings. The Labute approximate surface area is 131 Å². The molecule has 5 nitrogen and oxygen atoms in total. The maximum atomic E-state index is 5.63. The summed E-state index contributed by atoms with van der Waals surface area (Å²) in [6.45, 7) is 5.64. The monoisotopic (exact) mass is 298 g/mol. The molecule has 1 unspecified atom stereocenters. The van der Waals surface area contributed by atoms with Crippen LogP contribution in [0.5, 0.6) is 0 Å². The maximum Gasteiger partial charge on any atom is 0.136 e. The van der Waals surface area contributed by atoms with E-state index in [9.17, 15) is 0 Å². The van der Waals surface area contributed by atoms with Crippen molar-refractivity contribution in [3.63, 3.8) is 0 Å². The highest BCUT2D eigenvalue weighted by Crippen LogP contribution is 2.21. The third-order valence-electron chi connectivity index (χ3n) is 3.78. The van der Waals surface area contributed by atoms with Crippen molar-refractivity contribution in [3.8, 4) is 0 Å². The molecule has 1 atom stereocenters. The topological polar surface area (TPSA) is 59.1 Å². The van der Waals surface area contributed by atoms with Gasteiger partial charge < -0.3 is 15.4 Å². The van der Waals surface area contributed by atoms with Crippen molar-refractivity contribution < 1.29 is 4.74 Å². The van der Waals surface area contributed by atoms with Gasteiger partial charge in [-0.25, -0.2) is 9.97 Å². The lowest BCUT2D eigenvalue weighted by Crippen LogP contribution is -2.19. The lowest BCUT2D eigenvalue weighted by molar-refractivity contribution is 0.120. The fourth-order valence-electron chi connectivity index (χ4n) is 2.60. The third-order valence-corrected chi connectivity index (χ3v) is 3.78. The Bertz CT molecular complexity index is 638. The first-order chi connectivity index (χ1) is 10.7. The van der Waals surface area contributed by atoms with Crippen LogP contribution in [0, 0.1) is 13.8 Å². The van der Waals surface area contributed by atoms with E-state index in [0.29, 0.717) is 6.10 Å².